The van der Waals surface area contributed by atoms with Gasteiger partial charge in [-0.25, -0.2) is 0 Å². The standard InChI is InChI=1S/C24H24BrClN2O3/c1-3-27(4-2)12-5-13-28-21(15-6-9-17(26)10-7-15)20-22(29)18-14-16(25)8-11-19(18)31-23(20)24(28)30/h6-11,14,21H,3-5,12-13H2,1-2H3. The van der Waals surface area contributed by atoms with Crippen molar-refractivity contribution in [3.05, 3.63) is 79.1 Å². The van der Waals surface area contributed by atoms with Gasteiger partial charge in [-0.1, -0.05) is 53.5 Å². The summed E-state index contributed by atoms with van der Waals surface area (Å²) in [5.74, 6) is -0.0981. The van der Waals surface area contributed by atoms with Gasteiger partial charge in [0.2, 0.25) is 5.76 Å². The van der Waals surface area contributed by atoms with Crippen LogP contribution in [0.1, 0.15) is 48.0 Å². The molecule has 1 unspecified atom stereocenters. The van der Waals surface area contributed by atoms with Crippen molar-refractivity contribution in [1.29, 1.82) is 0 Å². The van der Waals surface area contributed by atoms with Gasteiger partial charge < -0.3 is 14.2 Å². The Bertz CT molecular complexity index is 1170. The fraction of sp³-hybridized carbons (Fsp3) is 0.333. The van der Waals surface area contributed by atoms with Crippen LogP contribution in [0.5, 0.6) is 0 Å². The van der Waals surface area contributed by atoms with Crippen molar-refractivity contribution < 1.29 is 9.21 Å². The van der Waals surface area contributed by atoms with Crippen LogP contribution in [-0.4, -0.2) is 41.9 Å². The predicted molar refractivity (Wildman–Crippen MR) is 127 cm³/mol. The highest BCUT2D eigenvalue weighted by Gasteiger charge is 2.42. The minimum absolute atomic E-state index is 0.141. The Morgan fingerprint density at radius 1 is 1.10 bits per heavy atom. The van der Waals surface area contributed by atoms with E-state index in [0.717, 1.165) is 36.1 Å². The monoisotopic (exact) mass is 502 g/mol. The van der Waals surface area contributed by atoms with Crippen molar-refractivity contribution in [2.24, 2.45) is 0 Å². The summed E-state index contributed by atoms with van der Waals surface area (Å²) in [5, 5.41) is 1.07. The molecule has 7 heteroatoms. The molecule has 5 nitrogen and oxygen atoms in total. The highest BCUT2D eigenvalue weighted by Crippen LogP contribution is 2.38. The lowest BCUT2D eigenvalue weighted by Crippen LogP contribution is -2.33. The molecule has 4 rings (SSSR count). The predicted octanol–water partition coefficient (Wildman–Crippen LogP) is 5.49. The number of carbonyl (C=O) groups excluding carboxylic acids is 1. The van der Waals surface area contributed by atoms with Gasteiger partial charge in [0.25, 0.3) is 5.91 Å². The third-order valence-corrected chi connectivity index (χ3v) is 6.63. The van der Waals surface area contributed by atoms with Gasteiger partial charge >= 0.3 is 0 Å². The van der Waals surface area contributed by atoms with E-state index in [4.69, 9.17) is 16.0 Å². The van der Waals surface area contributed by atoms with Crippen molar-refractivity contribution >= 4 is 44.4 Å². The van der Waals surface area contributed by atoms with Gasteiger partial charge in [-0.05, 0) is 62.0 Å². The third-order valence-electron chi connectivity index (χ3n) is 5.88. The van der Waals surface area contributed by atoms with Gasteiger partial charge in [-0.15, -0.1) is 0 Å². The van der Waals surface area contributed by atoms with Gasteiger partial charge in [-0.2, -0.15) is 0 Å². The fourth-order valence-corrected chi connectivity index (χ4v) is 4.71. The summed E-state index contributed by atoms with van der Waals surface area (Å²) in [6.45, 7) is 7.60. The highest BCUT2D eigenvalue weighted by molar-refractivity contribution is 9.10. The maximum atomic E-state index is 13.5. The first-order valence-electron chi connectivity index (χ1n) is 10.5. The van der Waals surface area contributed by atoms with Crippen molar-refractivity contribution in [2.75, 3.05) is 26.2 Å². The molecule has 1 amide bonds. The largest absolute Gasteiger partial charge is 0.450 e. The third kappa shape index (κ3) is 4.16. The molecule has 1 aromatic heterocycles. The van der Waals surface area contributed by atoms with Gasteiger partial charge in [-0.3, -0.25) is 9.59 Å². The molecule has 0 N–H and O–H groups in total. The van der Waals surface area contributed by atoms with E-state index >= 15 is 0 Å². The van der Waals surface area contributed by atoms with Crippen LogP contribution in [0.4, 0.5) is 0 Å². The molecule has 31 heavy (non-hydrogen) atoms. The molecule has 162 valence electrons. The van der Waals surface area contributed by atoms with Gasteiger partial charge in [0.05, 0.1) is 17.0 Å². The van der Waals surface area contributed by atoms with E-state index in [1.54, 1.807) is 35.2 Å². The highest BCUT2D eigenvalue weighted by atomic mass is 79.9. The van der Waals surface area contributed by atoms with Crippen LogP contribution >= 0.6 is 27.5 Å². The van der Waals surface area contributed by atoms with Crippen LogP contribution in [0, 0.1) is 0 Å². The van der Waals surface area contributed by atoms with Crippen LogP contribution < -0.4 is 5.43 Å². The zero-order valence-electron chi connectivity index (χ0n) is 17.5. The van der Waals surface area contributed by atoms with Gasteiger partial charge in [0, 0.05) is 16.0 Å². The van der Waals surface area contributed by atoms with Crippen molar-refractivity contribution in [2.45, 2.75) is 26.3 Å². The van der Waals surface area contributed by atoms with Crippen molar-refractivity contribution in [3.8, 4) is 0 Å². The first-order chi connectivity index (χ1) is 14.9. The zero-order chi connectivity index (χ0) is 22.1. The molecule has 1 atom stereocenters. The Morgan fingerprint density at radius 2 is 1.81 bits per heavy atom. The number of fused-ring (bicyclic) bond motifs is 2. The zero-order valence-corrected chi connectivity index (χ0v) is 19.9. The summed E-state index contributed by atoms with van der Waals surface area (Å²) < 4.78 is 6.77. The molecule has 2 heterocycles. The Kier molecular flexibility index (Phi) is 6.51. The molecule has 0 bridgehead atoms. The van der Waals surface area contributed by atoms with Crippen molar-refractivity contribution in [1.82, 2.24) is 9.80 Å². The van der Waals surface area contributed by atoms with Gasteiger partial charge in [0.15, 0.2) is 5.43 Å². The van der Waals surface area contributed by atoms with Crippen LogP contribution in [0.15, 0.2) is 56.1 Å². The number of amides is 1. The van der Waals surface area contributed by atoms with Crippen LogP contribution in [0.3, 0.4) is 0 Å². The lowest BCUT2D eigenvalue weighted by Gasteiger charge is -2.26. The van der Waals surface area contributed by atoms with E-state index in [1.165, 1.54) is 0 Å². The molecule has 0 saturated heterocycles. The quantitative estimate of drug-likeness (QED) is 0.428. The summed E-state index contributed by atoms with van der Waals surface area (Å²) in [6.07, 6.45) is 0.810. The molecule has 0 spiro atoms. The fourth-order valence-electron chi connectivity index (χ4n) is 4.22. The second kappa shape index (κ2) is 9.15. The summed E-state index contributed by atoms with van der Waals surface area (Å²) in [6, 6.07) is 12.1. The number of nitrogens with zero attached hydrogens (tertiary/aromatic N) is 2. The number of halogens is 2. The molecule has 1 aliphatic rings. The minimum Gasteiger partial charge on any atom is -0.450 e. The number of carbonyl (C=O) groups is 1. The van der Waals surface area contributed by atoms with E-state index in [0.29, 0.717) is 28.1 Å². The second-order valence-corrected chi connectivity index (χ2v) is 9.00. The number of rotatable bonds is 7. The summed E-state index contributed by atoms with van der Waals surface area (Å²) >= 11 is 9.51. The topological polar surface area (TPSA) is 53.8 Å². The van der Waals surface area contributed by atoms with E-state index in [2.05, 4.69) is 34.7 Å². The molecular formula is C24H24BrClN2O3. The molecule has 2 aromatic carbocycles. The molecule has 1 aliphatic heterocycles. The summed E-state index contributed by atoms with van der Waals surface area (Å²) in [4.78, 5) is 30.9. The summed E-state index contributed by atoms with van der Waals surface area (Å²) in [5.41, 5.74) is 1.50. The molecular weight excluding hydrogens is 480 g/mol. The molecule has 3 aromatic rings. The molecule has 0 radical (unpaired) electrons. The Morgan fingerprint density at radius 3 is 2.48 bits per heavy atom. The second-order valence-electron chi connectivity index (χ2n) is 7.65. The van der Waals surface area contributed by atoms with Crippen LogP contribution in [0.2, 0.25) is 5.02 Å². The molecule has 0 fully saturated rings. The first kappa shape index (κ1) is 22.1. The minimum atomic E-state index is -0.490. The van der Waals surface area contributed by atoms with Gasteiger partial charge in [0.1, 0.15) is 5.58 Å². The molecule has 0 aliphatic carbocycles. The number of hydrogen-bond acceptors (Lipinski definition) is 4. The lowest BCUT2D eigenvalue weighted by atomic mass is 9.98. The maximum Gasteiger partial charge on any atom is 0.290 e. The maximum absolute atomic E-state index is 13.5. The Labute approximate surface area is 194 Å². The Balaban J connectivity index is 1.80. The van der Waals surface area contributed by atoms with E-state index in [9.17, 15) is 9.59 Å². The molecule has 0 saturated carbocycles. The SMILES string of the molecule is CCN(CC)CCCN1C(=O)c2oc3ccc(Br)cc3c(=O)c2C1c1ccc(Cl)cc1. The average molecular weight is 504 g/mol. The van der Waals surface area contributed by atoms with Crippen LogP contribution in [-0.2, 0) is 0 Å². The normalized spacial score (nSPS) is 15.8. The summed E-state index contributed by atoms with van der Waals surface area (Å²) in [7, 11) is 0. The lowest BCUT2D eigenvalue weighted by molar-refractivity contribution is 0.0720. The number of benzene rings is 2. The van der Waals surface area contributed by atoms with Crippen molar-refractivity contribution in [3.63, 3.8) is 0 Å². The smallest absolute Gasteiger partial charge is 0.290 e. The van der Waals surface area contributed by atoms with E-state index in [-0.39, 0.29) is 17.1 Å². The first-order valence-corrected chi connectivity index (χ1v) is 11.7. The Hall–Kier alpha value is -2.15. The number of hydrogen-bond donors (Lipinski definition) is 0. The van der Waals surface area contributed by atoms with E-state index < -0.39 is 6.04 Å². The van der Waals surface area contributed by atoms with Crippen LogP contribution in [0.25, 0.3) is 11.0 Å². The average Bonchev–Trinajstić information content (AvgIpc) is 3.04. The van der Waals surface area contributed by atoms with E-state index in [1.807, 2.05) is 12.1 Å².